The van der Waals surface area contributed by atoms with Gasteiger partial charge in [0.05, 0.1) is 11.9 Å². The third kappa shape index (κ3) is 3.79. The molecule has 1 unspecified atom stereocenters. The molecule has 0 aliphatic heterocycles. The third-order valence-corrected chi connectivity index (χ3v) is 4.27. The van der Waals surface area contributed by atoms with Gasteiger partial charge in [0.2, 0.25) is 5.91 Å². The van der Waals surface area contributed by atoms with Gasteiger partial charge < -0.3 is 10.2 Å². The number of carbonyl (C=O) groups is 1. The van der Waals surface area contributed by atoms with E-state index in [9.17, 15) is 4.79 Å². The van der Waals surface area contributed by atoms with E-state index < -0.39 is 0 Å². The summed E-state index contributed by atoms with van der Waals surface area (Å²) in [6.07, 6.45) is 10.2. The van der Waals surface area contributed by atoms with Crippen LogP contribution in [0.25, 0.3) is 5.57 Å². The molecule has 2 aromatic rings. The summed E-state index contributed by atoms with van der Waals surface area (Å²) in [4.78, 5) is 22.3. The minimum atomic E-state index is 0.114. The number of aromatic nitrogens is 2. The first-order chi connectivity index (χ1) is 11.6. The Labute approximate surface area is 142 Å². The van der Waals surface area contributed by atoms with Crippen molar-refractivity contribution in [2.24, 2.45) is 5.92 Å². The quantitative estimate of drug-likeness (QED) is 0.936. The Balaban J connectivity index is 1.65. The summed E-state index contributed by atoms with van der Waals surface area (Å²) in [6.45, 7) is 0. The molecule has 0 bridgehead atoms. The number of anilines is 2. The first-order valence-corrected chi connectivity index (χ1v) is 8.17. The Morgan fingerprint density at radius 3 is 2.71 bits per heavy atom. The fourth-order valence-corrected chi connectivity index (χ4v) is 2.93. The predicted octanol–water partition coefficient (Wildman–Crippen LogP) is 3.49. The van der Waals surface area contributed by atoms with Crippen molar-refractivity contribution in [3.8, 4) is 0 Å². The lowest BCUT2D eigenvalue weighted by Gasteiger charge is -2.24. The third-order valence-electron chi connectivity index (χ3n) is 4.27. The van der Waals surface area contributed by atoms with Crippen molar-refractivity contribution in [1.82, 2.24) is 14.9 Å². The van der Waals surface area contributed by atoms with Gasteiger partial charge in [-0.05, 0) is 54.7 Å². The molecule has 1 aliphatic rings. The van der Waals surface area contributed by atoms with E-state index in [1.807, 2.05) is 38.5 Å². The summed E-state index contributed by atoms with van der Waals surface area (Å²) in [5, 5.41) is 3.23. The minimum Gasteiger partial charge on any atom is -0.349 e. The molecule has 0 saturated carbocycles. The lowest BCUT2D eigenvalue weighted by molar-refractivity contribution is -0.133. The van der Waals surface area contributed by atoms with Gasteiger partial charge in [-0.15, -0.1) is 0 Å². The van der Waals surface area contributed by atoms with E-state index in [1.54, 1.807) is 17.3 Å². The molecule has 0 fully saturated rings. The molecular weight excluding hydrogens is 300 g/mol. The van der Waals surface area contributed by atoms with Crippen LogP contribution in [0.4, 0.5) is 11.5 Å². The van der Waals surface area contributed by atoms with Crippen molar-refractivity contribution < 1.29 is 4.79 Å². The number of amides is 1. The number of allylic oxidation sites excluding steroid dienone is 2. The molecule has 0 spiro atoms. The summed E-state index contributed by atoms with van der Waals surface area (Å²) in [7, 11) is 3.64. The Kier molecular flexibility index (Phi) is 4.89. The molecule has 2 aromatic heterocycles. The second-order valence-electron chi connectivity index (χ2n) is 6.23. The maximum absolute atomic E-state index is 12.0. The molecule has 1 amide bonds. The SMILES string of the molecule is CN(C)C(=O)C1CC=C(c2ccc(Nc3cccnc3)nc2)CC1. The molecule has 0 saturated heterocycles. The summed E-state index contributed by atoms with van der Waals surface area (Å²) < 4.78 is 0. The van der Waals surface area contributed by atoms with Crippen LogP contribution in [0.5, 0.6) is 0 Å². The van der Waals surface area contributed by atoms with Crippen LogP contribution in [0.1, 0.15) is 24.8 Å². The molecule has 1 N–H and O–H groups in total. The fourth-order valence-electron chi connectivity index (χ4n) is 2.93. The van der Waals surface area contributed by atoms with Gasteiger partial charge in [0.1, 0.15) is 5.82 Å². The minimum absolute atomic E-state index is 0.114. The zero-order valence-corrected chi connectivity index (χ0v) is 14.1. The number of carbonyl (C=O) groups excluding carboxylic acids is 1. The summed E-state index contributed by atoms with van der Waals surface area (Å²) >= 11 is 0. The van der Waals surface area contributed by atoms with E-state index in [0.717, 1.165) is 36.3 Å². The Morgan fingerprint density at radius 1 is 1.25 bits per heavy atom. The monoisotopic (exact) mass is 322 g/mol. The zero-order valence-electron chi connectivity index (χ0n) is 14.1. The van der Waals surface area contributed by atoms with Gasteiger partial charge in [0.25, 0.3) is 0 Å². The topological polar surface area (TPSA) is 58.1 Å². The molecule has 1 aliphatic carbocycles. The molecular formula is C19H22N4O. The predicted molar refractivity (Wildman–Crippen MR) is 95.8 cm³/mol. The average Bonchev–Trinajstić information content (AvgIpc) is 2.63. The first-order valence-electron chi connectivity index (χ1n) is 8.17. The molecule has 2 heterocycles. The summed E-state index contributed by atoms with van der Waals surface area (Å²) in [6, 6.07) is 7.88. The second kappa shape index (κ2) is 7.25. The molecule has 24 heavy (non-hydrogen) atoms. The molecule has 5 nitrogen and oxygen atoms in total. The van der Waals surface area contributed by atoms with Crippen LogP contribution in [0.3, 0.4) is 0 Å². The van der Waals surface area contributed by atoms with Crippen LogP contribution in [-0.2, 0) is 4.79 Å². The van der Waals surface area contributed by atoms with Crippen molar-refractivity contribution in [2.45, 2.75) is 19.3 Å². The van der Waals surface area contributed by atoms with Crippen LogP contribution < -0.4 is 5.32 Å². The standard InChI is InChI=1S/C19H22N4O/c1-23(2)19(24)15-7-5-14(6-8-15)16-9-10-18(21-12-16)22-17-4-3-11-20-13-17/h3-5,9-13,15H,6-8H2,1-2H3,(H,21,22). The molecule has 5 heteroatoms. The van der Waals surface area contributed by atoms with E-state index in [-0.39, 0.29) is 11.8 Å². The second-order valence-corrected chi connectivity index (χ2v) is 6.23. The van der Waals surface area contributed by atoms with E-state index in [0.29, 0.717) is 0 Å². The van der Waals surface area contributed by atoms with Crippen molar-refractivity contribution in [2.75, 3.05) is 19.4 Å². The molecule has 124 valence electrons. The van der Waals surface area contributed by atoms with Gasteiger partial charge in [0.15, 0.2) is 0 Å². The van der Waals surface area contributed by atoms with Crippen molar-refractivity contribution in [1.29, 1.82) is 0 Å². The highest BCUT2D eigenvalue weighted by atomic mass is 16.2. The van der Waals surface area contributed by atoms with E-state index in [4.69, 9.17) is 0 Å². The fraction of sp³-hybridized carbons (Fsp3) is 0.316. The number of rotatable bonds is 4. The molecule has 1 atom stereocenters. The molecule has 0 aromatic carbocycles. The summed E-state index contributed by atoms with van der Waals surface area (Å²) in [5.74, 6) is 1.13. The zero-order chi connectivity index (χ0) is 16.9. The highest BCUT2D eigenvalue weighted by molar-refractivity contribution is 5.80. The van der Waals surface area contributed by atoms with Gasteiger partial charge >= 0.3 is 0 Å². The maximum atomic E-state index is 12.0. The van der Waals surface area contributed by atoms with Crippen LogP contribution >= 0.6 is 0 Å². The lowest BCUT2D eigenvalue weighted by atomic mass is 9.86. The number of nitrogens with zero attached hydrogens (tertiary/aromatic N) is 3. The van der Waals surface area contributed by atoms with Gasteiger partial charge in [-0.2, -0.15) is 0 Å². The van der Waals surface area contributed by atoms with Crippen molar-refractivity contribution in [3.63, 3.8) is 0 Å². The first kappa shape index (κ1) is 16.2. The normalized spacial score (nSPS) is 17.1. The Morgan fingerprint density at radius 2 is 2.12 bits per heavy atom. The largest absolute Gasteiger partial charge is 0.349 e. The number of pyridine rings is 2. The highest BCUT2D eigenvalue weighted by Gasteiger charge is 2.23. The number of hydrogen-bond donors (Lipinski definition) is 1. The van der Waals surface area contributed by atoms with Crippen molar-refractivity contribution in [3.05, 3.63) is 54.5 Å². The van der Waals surface area contributed by atoms with Crippen LogP contribution in [0.2, 0.25) is 0 Å². The maximum Gasteiger partial charge on any atom is 0.225 e. The highest BCUT2D eigenvalue weighted by Crippen LogP contribution is 2.31. The molecule has 0 radical (unpaired) electrons. The van der Waals surface area contributed by atoms with Crippen LogP contribution in [0, 0.1) is 5.92 Å². The Bertz CT molecular complexity index is 723. The van der Waals surface area contributed by atoms with Crippen LogP contribution in [0.15, 0.2) is 48.9 Å². The molecule has 3 rings (SSSR count). The number of nitrogens with one attached hydrogen (secondary N) is 1. The summed E-state index contributed by atoms with van der Waals surface area (Å²) in [5.41, 5.74) is 3.32. The van der Waals surface area contributed by atoms with Crippen LogP contribution in [-0.4, -0.2) is 34.9 Å². The van der Waals surface area contributed by atoms with E-state index in [2.05, 4.69) is 27.4 Å². The van der Waals surface area contributed by atoms with Gasteiger partial charge in [-0.1, -0.05) is 6.08 Å². The van der Waals surface area contributed by atoms with E-state index >= 15 is 0 Å². The van der Waals surface area contributed by atoms with Gasteiger partial charge in [-0.25, -0.2) is 4.98 Å². The van der Waals surface area contributed by atoms with Crippen molar-refractivity contribution >= 4 is 23.0 Å². The van der Waals surface area contributed by atoms with E-state index in [1.165, 1.54) is 5.57 Å². The smallest absolute Gasteiger partial charge is 0.225 e. The van der Waals surface area contributed by atoms with Gasteiger partial charge in [0, 0.05) is 32.4 Å². The number of hydrogen-bond acceptors (Lipinski definition) is 4. The average molecular weight is 322 g/mol. The Hall–Kier alpha value is -2.69. The lowest BCUT2D eigenvalue weighted by Crippen LogP contribution is -2.30. The van der Waals surface area contributed by atoms with Gasteiger partial charge in [-0.3, -0.25) is 9.78 Å².